The lowest BCUT2D eigenvalue weighted by atomic mass is 10.0. The minimum atomic E-state index is -1.00. The molecule has 2 heterocycles. The molecule has 10 heteroatoms. The van der Waals surface area contributed by atoms with E-state index in [2.05, 4.69) is 15.3 Å². The van der Waals surface area contributed by atoms with Crippen LogP contribution < -0.4 is 10.9 Å². The standard InChI is InChI=1S/C28H21F3N4O3/c29-18-7-10-24(23(31)13-18)35-25(38)11-9-21-26(33-28(34-27(21)35)32-19(14-36)15-37)20-8-6-17(12-22(20)30)16-4-2-1-3-5-16/h1-13,19,36-37H,14-15H2,(H,32,33,34). The molecule has 0 amide bonds. The smallest absolute Gasteiger partial charge is 0.256 e. The molecule has 0 aliphatic carbocycles. The van der Waals surface area contributed by atoms with E-state index in [9.17, 15) is 23.8 Å². The normalized spacial score (nSPS) is 11.3. The van der Waals surface area contributed by atoms with Crippen LogP contribution in [0.3, 0.4) is 0 Å². The van der Waals surface area contributed by atoms with Crippen LogP contribution in [0.2, 0.25) is 0 Å². The van der Waals surface area contributed by atoms with E-state index in [1.807, 2.05) is 30.3 Å². The minimum Gasteiger partial charge on any atom is -0.394 e. The summed E-state index contributed by atoms with van der Waals surface area (Å²) in [6.45, 7) is -0.941. The van der Waals surface area contributed by atoms with Crippen molar-refractivity contribution in [3.63, 3.8) is 0 Å². The van der Waals surface area contributed by atoms with Crippen LogP contribution in [0.1, 0.15) is 0 Å². The quantitative estimate of drug-likeness (QED) is 0.297. The maximum absolute atomic E-state index is 15.6. The second kappa shape index (κ2) is 10.4. The van der Waals surface area contributed by atoms with E-state index in [0.29, 0.717) is 11.6 Å². The first kappa shape index (κ1) is 25.1. The summed E-state index contributed by atoms with van der Waals surface area (Å²) >= 11 is 0. The van der Waals surface area contributed by atoms with Gasteiger partial charge in [-0.25, -0.2) is 18.2 Å². The van der Waals surface area contributed by atoms with E-state index in [1.165, 1.54) is 18.2 Å². The van der Waals surface area contributed by atoms with Crippen molar-refractivity contribution in [3.05, 3.63) is 107 Å². The Kier molecular flexibility index (Phi) is 6.91. The number of anilines is 1. The maximum atomic E-state index is 15.6. The summed E-state index contributed by atoms with van der Waals surface area (Å²) < 4.78 is 44.9. The first-order valence-electron chi connectivity index (χ1n) is 11.6. The van der Waals surface area contributed by atoms with Gasteiger partial charge in [0.15, 0.2) is 5.65 Å². The van der Waals surface area contributed by atoms with E-state index < -0.39 is 42.3 Å². The Morgan fingerprint density at radius 3 is 2.26 bits per heavy atom. The Balaban J connectivity index is 1.77. The van der Waals surface area contributed by atoms with Crippen molar-refractivity contribution in [1.29, 1.82) is 0 Å². The van der Waals surface area contributed by atoms with Crippen LogP contribution in [-0.4, -0.2) is 44.0 Å². The van der Waals surface area contributed by atoms with Gasteiger partial charge in [0, 0.05) is 23.1 Å². The largest absolute Gasteiger partial charge is 0.394 e. The van der Waals surface area contributed by atoms with E-state index >= 15 is 4.39 Å². The third kappa shape index (κ3) is 4.74. The molecular formula is C28H21F3N4O3. The SMILES string of the molecule is O=c1ccc2c(-c3ccc(-c4ccccc4)cc3F)nc(NC(CO)CO)nc2n1-c1ccc(F)cc1F. The molecule has 0 radical (unpaired) electrons. The molecule has 3 N–H and O–H groups in total. The van der Waals surface area contributed by atoms with Gasteiger partial charge in [-0.3, -0.25) is 9.36 Å². The summed E-state index contributed by atoms with van der Waals surface area (Å²) in [6.07, 6.45) is 0. The summed E-state index contributed by atoms with van der Waals surface area (Å²) in [4.78, 5) is 21.6. The molecule has 38 heavy (non-hydrogen) atoms. The van der Waals surface area contributed by atoms with Crippen molar-refractivity contribution in [2.45, 2.75) is 6.04 Å². The van der Waals surface area contributed by atoms with Crippen molar-refractivity contribution in [2.75, 3.05) is 18.5 Å². The monoisotopic (exact) mass is 518 g/mol. The summed E-state index contributed by atoms with van der Waals surface area (Å²) in [5, 5.41) is 22.0. The third-order valence-electron chi connectivity index (χ3n) is 6.01. The van der Waals surface area contributed by atoms with Crippen LogP contribution >= 0.6 is 0 Å². The molecule has 2 aromatic heterocycles. The van der Waals surface area contributed by atoms with Gasteiger partial charge in [0.25, 0.3) is 5.56 Å². The lowest BCUT2D eigenvalue weighted by Crippen LogP contribution is -2.29. The minimum absolute atomic E-state index is 0.0782. The predicted molar refractivity (Wildman–Crippen MR) is 137 cm³/mol. The van der Waals surface area contributed by atoms with Crippen LogP contribution in [0.15, 0.2) is 83.7 Å². The second-order valence-electron chi connectivity index (χ2n) is 8.50. The number of hydrogen-bond donors (Lipinski definition) is 3. The number of rotatable bonds is 7. The van der Waals surface area contributed by atoms with E-state index in [1.54, 1.807) is 6.07 Å². The zero-order valence-electron chi connectivity index (χ0n) is 19.8. The van der Waals surface area contributed by atoms with E-state index in [4.69, 9.17) is 0 Å². The number of nitrogens with one attached hydrogen (secondary N) is 1. The predicted octanol–water partition coefficient (Wildman–Crippen LogP) is 4.30. The molecular weight excluding hydrogens is 497 g/mol. The number of fused-ring (bicyclic) bond motifs is 1. The zero-order valence-corrected chi connectivity index (χ0v) is 19.8. The highest BCUT2D eigenvalue weighted by molar-refractivity contribution is 5.92. The molecule has 0 fully saturated rings. The molecule has 192 valence electrons. The van der Waals surface area contributed by atoms with Gasteiger partial charge in [-0.1, -0.05) is 36.4 Å². The van der Waals surface area contributed by atoms with Crippen molar-refractivity contribution < 1.29 is 23.4 Å². The van der Waals surface area contributed by atoms with Crippen LogP contribution in [0.5, 0.6) is 0 Å². The van der Waals surface area contributed by atoms with Gasteiger partial charge in [-0.15, -0.1) is 0 Å². The molecule has 0 atom stereocenters. The first-order valence-corrected chi connectivity index (χ1v) is 11.6. The van der Waals surface area contributed by atoms with Crippen LogP contribution in [0.25, 0.3) is 39.1 Å². The fraction of sp³-hybridized carbons (Fsp3) is 0.107. The lowest BCUT2D eigenvalue weighted by molar-refractivity contribution is 0.203. The van der Waals surface area contributed by atoms with Crippen molar-refractivity contribution in [3.8, 4) is 28.1 Å². The van der Waals surface area contributed by atoms with Crippen LogP contribution in [0.4, 0.5) is 19.1 Å². The van der Waals surface area contributed by atoms with Gasteiger partial charge >= 0.3 is 0 Å². The molecule has 7 nitrogen and oxygen atoms in total. The molecule has 0 aliphatic heterocycles. The van der Waals surface area contributed by atoms with Gasteiger partial charge < -0.3 is 15.5 Å². The average Bonchev–Trinajstić information content (AvgIpc) is 2.92. The second-order valence-corrected chi connectivity index (χ2v) is 8.50. The Hall–Kier alpha value is -4.54. The molecule has 0 spiro atoms. The molecule has 0 unspecified atom stereocenters. The van der Waals surface area contributed by atoms with Crippen molar-refractivity contribution >= 4 is 17.0 Å². The summed E-state index contributed by atoms with van der Waals surface area (Å²) in [5.74, 6) is -2.58. The molecule has 0 aliphatic rings. The topological polar surface area (TPSA) is 100 Å². The Morgan fingerprint density at radius 1 is 0.816 bits per heavy atom. The fourth-order valence-corrected chi connectivity index (χ4v) is 4.13. The maximum Gasteiger partial charge on any atom is 0.256 e. The highest BCUT2D eigenvalue weighted by atomic mass is 19.1. The number of halogens is 3. The highest BCUT2D eigenvalue weighted by Gasteiger charge is 2.20. The summed E-state index contributed by atoms with van der Waals surface area (Å²) in [5.41, 5.74) is 0.584. The Morgan fingerprint density at radius 2 is 1.58 bits per heavy atom. The molecule has 0 saturated carbocycles. The molecule has 0 bridgehead atoms. The van der Waals surface area contributed by atoms with Crippen LogP contribution in [0, 0.1) is 17.5 Å². The summed E-state index contributed by atoms with van der Waals surface area (Å²) in [6, 6.07) is 18.2. The highest BCUT2D eigenvalue weighted by Crippen LogP contribution is 2.32. The molecule has 5 rings (SSSR count). The third-order valence-corrected chi connectivity index (χ3v) is 6.01. The lowest BCUT2D eigenvalue weighted by Gasteiger charge is -2.18. The average molecular weight is 518 g/mol. The van der Waals surface area contributed by atoms with Gasteiger partial charge in [-0.2, -0.15) is 4.98 Å². The molecule has 3 aromatic carbocycles. The number of pyridine rings is 1. The van der Waals surface area contributed by atoms with Gasteiger partial charge in [0.2, 0.25) is 5.95 Å². The Bertz CT molecular complexity index is 1690. The fourth-order valence-electron chi connectivity index (χ4n) is 4.13. The van der Waals surface area contributed by atoms with Gasteiger partial charge in [-0.05, 0) is 41.5 Å². The number of benzene rings is 3. The van der Waals surface area contributed by atoms with Crippen molar-refractivity contribution in [1.82, 2.24) is 14.5 Å². The van der Waals surface area contributed by atoms with Crippen molar-refractivity contribution in [2.24, 2.45) is 0 Å². The molecule has 0 saturated heterocycles. The number of aliphatic hydroxyl groups excluding tert-OH is 2. The number of aromatic nitrogens is 3. The van der Waals surface area contributed by atoms with Gasteiger partial charge in [0.05, 0.1) is 30.6 Å². The van der Waals surface area contributed by atoms with E-state index in [-0.39, 0.29) is 33.9 Å². The first-order chi connectivity index (χ1) is 18.4. The summed E-state index contributed by atoms with van der Waals surface area (Å²) in [7, 11) is 0. The number of aliphatic hydroxyl groups is 2. The number of hydrogen-bond acceptors (Lipinski definition) is 6. The molecule has 5 aromatic rings. The van der Waals surface area contributed by atoms with Crippen LogP contribution in [-0.2, 0) is 0 Å². The number of nitrogens with zero attached hydrogens (tertiary/aromatic N) is 3. The van der Waals surface area contributed by atoms with E-state index in [0.717, 1.165) is 28.3 Å². The zero-order chi connectivity index (χ0) is 26.8. The van der Waals surface area contributed by atoms with Gasteiger partial charge in [0.1, 0.15) is 17.5 Å². The Labute approximate surface area is 214 Å².